The van der Waals surface area contributed by atoms with Crippen LogP contribution in [0.25, 0.3) is 0 Å². The van der Waals surface area contributed by atoms with E-state index < -0.39 is 0 Å². The Kier molecular flexibility index (Phi) is 4.05. The van der Waals surface area contributed by atoms with Gasteiger partial charge in [0.25, 0.3) is 0 Å². The van der Waals surface area contributed by atoms with Crippen molar-refractivity contribution in [3.63, 3.8) is 0 Å². The number of rotatable bonds is 4. The van der Waals surface area contributed by atoms with Gasteiger partial charge >= 0.3 is 5.69 Å². The minimum atomic E-state index is 0.0683. The Morgan fingerprint density at radius 3 is 2.53 bits per heavy atom. The molecule has 0 radical (unpaired) electrons. The van der Waals surface area contributed by atoms with E-state index in [4.69, 9.17) is 5.73 Å². The van der Waals surface area contributed by atoms with Gasteiger partial charge in [0.05, 0.1) is 0 Å². The molecule has 1 aliphatic carbocycles. The molecule has 1 unspecified atom stereocenters. The van der Waals surface area contributed by atoms with Gasteiger partial charge in [-0.1, -0.05) is 19.3 Å². The van der Waals surface area contributed by atoms with Gasteiger partial charge in [0.2, 0.25) is 0 Å². The van der Waals surface area contributed by atoms with Crippen LogP contribution < -0.4 is 11.4 Å². The summed E-state index contributed by atoms with van der Waals surface area (Å²) in [5.41, 5.74) is 6.30. The van der Waals surface area contributed by atoms with Gasteiger partial charge < -0.3 is 5.73 Å². The molecule has 17 heavy (non-hydrogen) atoms. The lowest BCUT2D eigenvalue weighted by molar-refractivity contribution is 0.283. The zero-order chi connectivity index (χ0) is 12.3. The fourth-order valence-electron chi connectivity index (χ4n) is 2.77. The van der Waals surface area contributed by atoms with Crippen LogP contribution in [0, 0.1) is 5.92 Å². The molecule has 1 atom stereocenters. The molecule has 2 rings (SSSR count). The number of aromatic nitrogens is 2. The van der Waals surface area contributed by atoms with E-state index in [1.807, 2.05) is 19.3 Å². The average Bonchev–Trinajstić information content (AvgIpc) is 2.71. The van der Waals surface area contributed by atoms with E-state index in [0.29, 0.717) is 12.5 Å². The van der Waals surface area contributed by atoms with Crippen LogP contribution in [0.4, 0.5) is 0 Å². The maximum atomic E-state index is 11.9. The van der Waals surface area contributed by atoms with Gasteiger partial charge in [0, 0.05) is 31.5 Å². The smallest absolute Gasteiger partial charge is 0.326 e. The van der Waals surface area contributed by atoms with Crippen LogP contribution in [0.3, 0.4) is 0 Å². The van der Waals surface area contributed by atoms with E-state index in [1.54, 1.807) is 9.13 Å². The van der Waals surface area contributed by atoms with E-state index in [2.05, 4.69) is 0 Å². The summed E-state index contributed by atoms with van der Waals surface area (Å²) in [6, 6.07) is 0.126. The zero-order valence-corrected chi connectivity index (χ0v) is 10.6. The topological polar surface area (TPSA) is 52.9 Å². The Morgan fingerprint density at radius 1 is 1.29 bits per heavy atom. The summed E-state index contributed by atoms with van der Waals surface area (Å²) < 4.78 is 3.47. The largest absolute Gasteiger partial charge is 0.328 e. The summed E-state index contributed by atoms with van der Waals surface area (Å²) in [4.78, 5) is 11.9. The Morgan fingerprint density at radius 2 is 1.94 bits per heavy atom. The predicted octanol–water partition coefficient (Wildman–Crippen LogP) is 1.58. The molecule has 1 aliphatic rings. The highest BCUT2D eigenvalue weighted by atomic mass is 16.1. The quantitative estimate of drug-likeness (QED) is 0.864. The molecule has 4 heteroatoms. The zero-order valence-electron chi connectivity index (χ0n) is 10.6. The summed E-state index contributed by atoms with van der Waals surface area (Å²) in [6.45, 7) is 3.37. The molecule has 1 aromatic rings. The van der Waals surface area contributed by atoms with E-state index >= 15 is 0 Å². The van der Waals surface area contributed by atoms with Gasteiger partial charge in [-0.15, -0.1) is 0 Å². The molecular weight excluding hydrogens is 214 g/mol. The second kappa shape index (κ2) is 5.54. The van der Waals surface area contributed by atoms with Gasteiger partial charge in [0.15, 0.2) is 0 Å². The normalized spacial score (nSPS) is 19.4. The molecule has 2 N–H and O–H groups in total. The van der Waals surface area contributed by atoms with Gasteiger partial charge in [-0.25, -0.2) is 4.79 Å². The van der Waals surface area contributed by atoms with Crippen LogP contribution in [0.5, 0.6) is 0 Å². The average molecular weight is 237 g/mol. The van der Waals surface area contributed by atoms with Crippen LogP contribution >= 0.6 is 0 Å². The Bertz CT molecular complexity index is 401. The monoisotopic (exact) mass is 237 g/mol. The summed E-state index contributed by atoms with van der Waals surface area (Å²) in [5.74, 6) is 0.598. The lowest BCUT2D eigenvalue weighted by Gasteiger charge is -2.27. The number of hydrogen-bond donors (Lipinski definition) is 1. The van der Waals surface area contributed by atoms with Crippen molar-refractivity contribution in [1.82, 2.24) is 9.13 Å². The molecule has 1 fully saturated rings. The molecule has 0 amide bonds. The maximum absolute atomic E-state index is 11.9. The number of imidazole rings is 1. The standard InChI is InChI=1S/C13H23N3O/c1-2-15-8-9-16(13(15)17)10-12(14)11-6-4-3-5-7-11/h8-9,11-12H,2-7,10,14H2,1H3. The van der Waals surface area contributed by atoms with Crippen molar-refractivity contribution in [2.45, 2.75) is 58.2 Å². The second-order valence-electron chi connectivity index (χ2n) is 5.08. The molecule has 0 spiro atoms. The lowest BCUT2D eigenvalue weighted by atomic mass is 9.84. The van der Waals surface area contributed by atoms with E-state index in [9.17, 15) is 4.79 Å². The van der Waals surface area contributed by atoms with Crippen molar-refractivity contribution in [2.75, 3.05) is 0 Å². The Hall–Kier alpha value is -1.03. The van der Waals surface area contributed by atoms with Gasteiger partial charge in [0.1, 0.15) is 0 Å². The first-order valence-electron chi connectivity index (χ1n) is 6.73. The number of hydrogen-bond acceptors (Lipinski definition) is 2. The maximum Gasteiger partial charge on any atom is 0.328 e. The van der Waals surface area contributed by atoms with Crippen LogP contribution in [-0.4, -0.2) is 15.2 Å². The molecule has 1 heterocycles. The molecule has 0 saturated heterocycles. The van der Waals surface area contributed by atoms with Crippen LogP contribution in [0.1, 0.15) is 39.0 Å². The SMILES string of the molecule is CCn1ccn(CC(N)C2CCCCC2)c1=O. The first kappa shape index (κ1) is 12.4. The number of nitrogens with zero attached hydrogens (tertiary/aromatic N) is 2. The van der Waals surface area contributed by atoms with Gasteiger partial charge in [-0.05, 0) is 25.7 Å². The fourth-order valence-corrected chi connectivity index (χ4v) is 2.77. The second-order valence-corrected chi connectivity index (χ2v) is 5.08. The first-order valence-corrected chi connectivity index (χ1v) is 6.73. The Labute approximate surface area is 102 Å². The van der Waals surface area contributed by atoms with E-state index in [-0.39, 0.29) is 11.7 Å². The van der Waals surface area contributed by atoms with Crippen LogP contribution in [-0.2, 0) is 13.1 Å². The molecule has 0 bridgehead atoms. The summed E-state index contributed by atoms with van der Waals surface area (Å²) in [6.07, 6.45) is 10.1. The molecule has 4 nitrogen and oxygen atoms in total. The number of nitrogens with two attached hydrogens (primary N) is 1. The first-order chi connectivity index (χ1) is 8.22. The minimum Gasteiger partial charge on any atom is -0.326 e. The minimum absolute atomic E-state index is 0.0683. The van der Waals surface area contributed by atoms with Crippen LogP contribution in [0.15, 0.2) is 17.2 Å². The molecule has 96 valence electrons. The molecule has 1 aromatic heterocycles. The highest BCUT2D eigenvalue weighted by Gasteiger charge is 2.21. The molecule has 0 aliphatic heterocycles. The van der Waals surface area contributed by atoms with Crippen molar-refractivity contribution in [1.29, 1.82) is 0 Å². The highest BCUT2D eigenvalue weighted by molar-refractivity contribution is 4.85. The van der Waals surface area contributed by atoms with Crippen molar-refractivity contribution in [3.8, 4) is 0 Å². The third-order valence-electron chi connectivity index (χ3n) is 3.92. The molecule has 0 aromatic carbocycles. The van der Waals surface area contributed by atoms with E-state index in [0.717, 1.165) is 6.54 Å². The van der Waals surface area contributed by atoms with Crippen LogP contribution in [0.2, 0.25) is 0 Å². The summed E-state index contributed by atoms with van der Waals surface area (Å²) in [7, 11) is 0. The predicted molar refractivity (Wildman–Crippen MR) is 68.9 cm³/mol. The molecular formula is C13H23N3O. The van der Waals surface area contributed by atoms with Crippen molar-refractivity contribution in [3.05, 3.63) is 22.9 Å². The van der Waals surface area contributed by atoms with Gasteiger partial charge in [-0.3, -0.25) is 9.13 Å². The Balaban J connectivity index is 1.99. The third kappa shape index (κ3) is 2.80. The number of aryl methyl sites for hydroxylation is 1. The van der Waals surface area contributed by atoms with E-state index in [1.165, 1.54) is 32.1 Å². The van der Waals surface area contributed by atoms with Gasteiger partial charge in [-0.2, -0.15) is 0 Å². The summed E-state index contributed by atoms with van der Waals surface area (Å²) in [5, 5.41) is 0. The summed E-state index contributed by atoms with van der Waals surface area (Å²) >= 11 is 0. The van der Waals surface area contributed by atoms with Crippen molar-refractivity contribution in [2.24, 2.45) is 11.7 Å². The highest BCUT2D eigenvalue weighted by Crippen LogP contribution is 2.25. The van der Waals surface area contributed by atoms with Crippen molar-refractivity contribution < 1.29 is 0 Å². The lowest BCUT2D eigenvalue weighted by Crippen LogP contribution is -2.38. The van der Waals surface area contributed by atoms with Crippen molar-refractivity contribution >= 4 is 0 Å². The molecule has 1 saturated carbocycles. The fraction of sp³-hybridized carbons (Fsp3) is 0.769. The third-order valence-corrected chi connectivity index (χ3v) is 3.92.